The van der Waals surface area contributed by atoms with Crippen molar-refractivity contribution in [1.29, 1.82) is 0 Å². The van der Waals surface area contributed by atoms with Crippen molar-refractivity contribution in [2.24, 2.45) is 5.73 Å². The van der Waals surface area contributed by atoms with Crippen molar-refractivity contribution in [1.82, 2.24) is 0 Å². The van der Waals surface area contributed by atoms with Gasteiger partial charge in [0.05, 0.1) is 17.7 Å². The highest BCUT2D eigenvalue weighted by Gasteiger charge is 2.27. The summed E-state index contributed by atoms with van der Waals surface area (Å²) in [6.07, 6.45) is 0. The van der Waals surface area contributed by atoms with E-state index in [1.54, 1.807) is 12.1 Å². The van der Waals surface area contributed by atoms with E-state index < -0.39 is 28.4 Å². The second-order valence-corrected chi connectivity index (χ2v) is 8.96. The van der Waals surface area contributed by atoms with Gasteiger partial charge in [-0.3, -0.25) is 13.9 Å². The predicted octanol–water partition coefficient (Wildman–Crippen LogP) is 3.28. The van der Waals surface area contributed by atoms with Crippen LogP contribution in [0.1, 0.15) is 10.4 Å². The molecule has 0 saturated heterocycles. The molecule has 3 rings (SSSR count). The van der Waals surface area contributed by atoms with Crippen LogP contribution < -0.4 is 20.1 Å². The van der Waals surface area contributed by atoms with Crippen LogP contribution in [0.3, 0.4) is 0 Å². The van der Waals surface area contributed by atoms with Gasteiger partial charge in [0.2, 0.25) is 11.8 Å². The summed E-state index contributed by atoms with van der Waals surface area (Å²) in [6.45, 7) is -0.517. The fourth-order valence-electron chi connectivity index (χ4n) is 2.88. The Balaban J connectivity index is 1.92. The lowest BCUT2D eigenvalue weighted by molar-refractivity contribution is -0.114. The van der Waals surface area contributed by atoms with Crippen molar-refractivity contribution in [2.75, 3.05) is 23.3 Å². The summed E-state index contributed by atoms with van der Waals surface area (Å²) in [7, 11) is -2.63. The van der Waals surface area contributed by atoms with Gasteiger partial charge in [0, 0.05) is 16.3 Å². The number of nitrogens with two attached hydrogens (primary N) is 1. The van der Waals surface area contributed by atoms with Gasteiger partial charge in [-0.1, -0.05) is 17.7 Å². The lowest BCUT2D eigenvalue weighted by Crippen LogP contribution is -2.38. The molecule has 3 aromatic rings. The topological polar surface area (TPSA) is 119 Å². The van der Waals surface area contributed by atoms with E-state index in [1.807, 2.05) is 0 Å². The standard InChI is InChI=1S/C22H20ClN3O5S/c1-31-19-9-11-20(12-10-19)32(29,30)26(18-7-5-16(23)6-8-18)14-21(27)25-17-4-2-3-15(13-17)22(24)28/h2-13H,14H2,1H3,(H2,24,28)(H,25,27). The van der Waals surface area contributed by atoms with E-state index in [4.69, 9.17) is 22.1 Å². The monoisotopic (exact) mass is 473 g/mol. The first-order chi connectivity index (χ1) is 15.2. The molecule has 0 aliphatic rings. The molecular weight excluding hydrogens is 454 g/mol. The van der Waals surface area contributed by atoms with E-state index in [0.29, 0.717) is 16.5 Å². The van der Waals surface area contributed by atoms with Gasteiger partial charge < -0.3 is 15.8 Å². The molecule has 0 aromatic heterocycles. The molecule has 0 unspecified atom stereocenters. The second kappa shape index (κ2) is 9.71. The van der Waals surface area contributed by atoms with Crippen LogP contribution in [-0.4, -0.2) is 33.9 Å². The minimum atomic E-state index is -4.10. The third-order valence-corrected chi connectivity index (χ3v) is 6.52. The number of halogens is 1. The first-order valence-electron chi connectivity index (χ1n) is 9.33. The number of primary amides is 1. The van der Waals surface area contributed by atoms with Crippen LogP contribution in [0.2, 0.25) is 5.02 Å². The van der Waals surface area contributed by atoms with Crippen LogP contribution in [0.4, 0.5) is 11.4 Å². The molecule has 0 aliphatic heterocycles. The quantitative estimate of drug-likeness (QED) is 0.520. The number of sulfonamides is 1. The number of ether oxygens (including phenoxy) is 1. The van der Waals surface area contributed by atoms with Gasteiger partial charge in [0.25, 0.3) is 10.0 Å². The molecule has 8 nitrogen and oxygen atoms in total. The van der Waals surface area contributed by atoms with E-state index >= 15 is 0 Å². The number of carbonyl (C=O) groups is 2. The Morgan fingerprint density at radius 3 is 2.28 bits per heavy atom. The van der Waals surface area contributed by atoms with Gasteiger partial charge in [-0.2, -0.15) is 0 Å². The first kappa shape index (κ1) is 23.1. The van der Waals surface area contributed by atoms with Crippen molar-refractivity contribution in [2.45, 2.75) is 4.90 Å². The molecule has 0 heterocycles. The maximum atomic E-state index is 13.4. The number of anilines is 2. The van der Waals surface area contributed by atoms with Crippen molar-refractivity contribution < 1.29 is 22.7 Å². The number of rotatable bonds is 8. The van der Waals surface area contributed by atoms with Crippen molar-refractivity contribution >= 4 is 44.8 Å². The highest BCUT2D eigenvalue weighted by atomic mass is 35.5. The Morgan fingerprint density at radius 1 is 1.03 bits per heavy atom. The maximum Gasteiger partial charge on any atom is 0.264 e. The van der Waals surface area contributed by atoms with Crippen LogP contribution in [0, 0.1) is 0 Å². The highest BCUT2D eigenvalue weighted by molar-refractivity contribution is 7.92. The normalized spacial score (nSPS) is 10.9. The molecule has 3 N–H and O–H groups in total. The summed E-state index contributed by atoms with van der Waals surface area (Å²) in [6, 6.07) is 17.9. The van der Waals surface area contributed by atoms with Crippen LogP contribution in [0.25, 0.3) is 0 Å². The lowest BCUT2D eigenvalue weighted by Gasteiger charge is -2.24. The van der Waals surface area contributed by atoms with Crippen molar-refractivity contribution in [3.05, 3.63) is 83.4 Å². The van der Waals surface area contributed by atoms with Crippen LogP contribution >= 0.6 is 11.6 Å². The average molecular weight is 474 g/mol. The molecular formula is C22H20ClN3O5S. The summed E-state index contributed by atoms with van der Waals surface area (Å²) in [5, 5.41) is 3.01. The molecule has 0 radical (unpaired) electrons. The number of nitrogens with zero attached hydrogens (tertiary/aromatic N) is 1. The predicted molar refractivity (Wildman–Crippen MR) is 123 cm³/mol. The molecule has 0 spiro atoms. The number of methoxy groups -OCH3 is 1. The van der Waals surface area contributed by atoms with E-state index in [-0.39, 0.29) is 16.1 Å². The van der Waals surface area contributed by atoms with Crippen LogP contribution in [0.5, 0.6) is 5.75 Å². The highest BCUT2D eigenvalue weighted by Crippen LogP contribution is 2.26. The molecule has 2 amide bonds. The van der Waals surface area contributed by atoms with E-state index in [9.17, 15) is 18.0 Å². The van der Waals surface area contributed by atoms with Gasteiger partial charge in [0.15, 0.2) is 0 Å². The SMILES string of the molecule is COc1ccc(S(=O)(=O)N(CC(=O)Nc2cccc(C(N)=O)c2)c2ccc(Cl)cc2)cc1. The molecule has 32 heavy (non-hydrogen) atoms. The summed E-state index contributed by atoms with van der Waals surface area (Å²) >= 11 is 5.94. The summed E-state index contributed by atoms with van der Waals surface area (Å²) in [5.74, 6) is -0.765. The largest absolute Gasteiger partial charge is 0.497 e. The molecule has 0 saturated carbocycles. The molecule has 0 atom stereocenters. The average Bonchev–Trinajstić information content (AvgIpc) is 2.78. The van der Waals surface area contributed by atoms with E-state index in [2.05, 4.69) is 5.32 Å². The lowest BCUT2D eigenvalue weighted by atomic mass is 10.2. The van der Waals surface area contributed by atoms with Gasteiger partial charge in [-0.05, 0) is 66.7 Å². The fourth-order valence-corrected chi connectivity index (χ4v) is 4.43. The molecule has 0 fully saturated rings. The van der Waals surface area contributed by atoms with Crippen molar-refractivity contribution in [3.8, 4) is 5.75 Å². The zero-order chi connectivity index (χ0) is 23.3. The molecule has 10 heteroatoms. The molecule has 3 aromatic carbocycles. The number of amides is 2. The summed E-state index contributed by atoms with van der Waals surface area (Å²) < 4.78 is 32.8. The third kappa shape index (κ3) is 5.37. The van der Waals surface area contributed by atoms with E-state index in [1.165, 1.54) is 67.8 Å². The number of nitrogens with one attached hydrogen (secondary N) is 1. The Bertz CT molecular complexity index is 1230. The molecule has 0 bridgehead atoms. The van der Waals surface area contributed by atoms with Gasteiger partial charge in [-0.25, -0.2) is 8.42 Å². The fraction of sp³-hybridized carbons (Fsp3) is 0.0909. The Kier molecular flexibility index (Phi) is 7.01. The smallest absolute Gasteiger partial charge is 0.264 e. The second-order valence-electron chi connectivity index (χ2n) is 6.66. The number of benzene rings is 3. The minimum Gasteiger partial charge on any atom is -0.497 e. The number of hydrogen-bond acceptors (Lipinski definition) is 5. The van der Waals surface area contributed by atoms with Crippen LogP contribution in [0.15, 0.2) is 77.7 Å². The summed E-state index contributed by atoms with van der Waals surface area (Å²) in [5.41, 5.74) is 6.04. The zero-order valence-corrected chi connectivity index (χ0v) is 18.6. The van der Waals surface area contributed by atoms with Gasteiger partial charge >= 0.3 is 0 Å². The van der Waals surface area contributed by atoms with Crippen molar-refractivity contribution in [3.63, 3.8) is 0 Å². The Labute approximate surface area is 190 Å². The molecule has 166 valence electrons. The molecule has 0 aliphatic carbocycles. The maximum absolute atomic E-state index is 13.4. The number of carbonyl (C=O) groups excluding carboxylic acids is 2. The summed E-state index contributed by atoms with van der Waals surface area (Å²) in [4.78, 5) is 24.1. The first-order valence-corrected chi connectivity index (χ1v) is 11.1. The Hall–Kier alpha value is -3.56. The van der Waals surface area contributed by atoms with Crippen LogP contribution in [-0.2, 0) is 14.8 Å². The zero-order valence-electron chi connectivity index (χ0n) is 17.0. The Morgan fingerprint density at radius 2 is 1.69 bits per heavy atom. The van der Waals surface area contributed by atoms with E-state index in [0.717, 1.165) is 4.31 Å². The van der Waals surface area contributed by atoms with Gasteiger partial charge in [0.1, 0.15) is 12.3 Å². The minimum absolute atomic E-state index is 0.0169. The third-order valence-electron chi connectivity index (χ3n) is 4.48. The number of hydrogen-bond donors (Lipinski definition) is 2. The van der Waals surface area contributed by atoms with Gasteiger partial charge in [-0.15, -0.1) is 0 Å².